The minimum absolute atomic E-state index is 0.462. The van der Waals surface area contributed by atoms with Crippen molar-refractivity contribution in [2.75, 3.05) is 6.61 Å². The van der Waals surface area contributed by atoms with Gasteiger partial charge in [0.15, 0.2) is 6.29 Å². The van der Waals surface area contributed by atoms with E-state index in [0.29, 0.717) is 0 Å². The molecule has 7 nitrogen and oxygen atoms in total. The number of hydrogen-bond acceptors (Lipinski definition) is 6. The lowest BCUT2D eigenvalue weighted by Crippen LogP contribution is -2.63. The maximum absolute atomic E-state index is 10.7. The minimum atomic E-state index is -1.45. The van der Waals surface area contributed by atoms with Crippen LogP contribution in [0.4, 0.5) is 0 Å². The molecule has 0 aromatic rings. The summed E-state index contributed by atoms with van der Waals surface area (Å²) in [5.74, 6) is -0.462. The van der Waals surface area contributed by atoms with Crippen molar-refractivity contribution >= 4 is 5.91 Å². The first-order chi connectivity index (χ1) is 6.97. The van der Waals surface area contributed by atoms with E-state index >= 15 is 0 Å². The molecule has 15 heavy (non-hydrogen) atoms. The summed E-state index contributed by atoms with van der Waals surface area (Å²) < 4.78 is 4.81. The van der Waals surface area contributed by atoms with E-state index in [-0.39, 0.29) is 0 Å². The quantitative estimate of drug-likeness (QED) is 0.337. The third-order valence-corrected chi connectivity index (χ3v) is 2.27. The molecule has 0 bridgehead atoms. The van der Waals surface area contributed by atoms with Gasteiger partial charge in [0.1, 0.15) is 24.4 Å². The van der Waals surface area contributed by atoms with Crippen LogP contribution < -0.4 is 5.32 Å². The Labute approximate surface area is 86.3 Å². The van der Waals surface area contributed by atoms with E-state index in [2.05, 4.69) is 5.32 Å². The van der Waals surface area contributed by atoms with Crippen LogP contribution in [-0.2, 0) is 9.53 Å². The first kappa shape index (κ1) is 12.3. The number of ether oxygens (including phenoxy) is 1. The fourth-order valence-electron chi connectivity index (χ4n) is 1.49. The molecule has 1 rings (SSSR count). The molecule has 1 fully saturated rings. The molecular formula is C8H15NO6. The highest BCUT2D eigenvalue weighted by Crippen LogP contribution is 2.19. The average molecular weight is 221 g/mol. The summed E-state index contributed by atoms with van der Waals surface area (Å²) in [5, 5.41) is 39.4. The molecule has 2 unspecified atom stereocenters. The van der Waals surface area contributed by atoms with Crippen molar-refractivity contribution in [3.63, 3.8) is 0 Å². The second kappa shape index (κ2) is 4.86. The Balaban J connectivity index is 2.70. The van der Waals surface area contributed by atoms with E-state index in [1.165, 1.54) is 6.92 Å². The number of hydrogen-bond donors (Lipinski definition) is 5. The lowest BCUT2D eigenvalue weighted by Gasteiger charge is -2.40. The normalized spacial score (nSPS) is 41.3. The first-order valence-corrected chi connectivity index (χ1v) is 4.55. The van der Waals surface area contributed by atoms with Crippen molar-refractivity contribution in [2.24, 2.45) is 0 Å². The van der Waals surface area contributed by atoms with Crippen molar-refractivity contribution in [2.45, 2.75) is 37.6 Å². The van der Waals surface area contributed by atoms with E-state index in [1.54, 1.807) is 0 Å². The van der Waals surface area contributed by atoms with Gasteiger partial charge in [0.05, 0.1) is 6.61 Å². The molecule has 7 heteroatoms. The molecule has 1 heterocycles. The summed E-state index contributed by atoms with van der Waals surface area (Å²) in [7, 11) is 0. The smallest absolute Gasteiger partial charge is 0.217 e. The van der Waals surface area contributed by atoms with Gasteiger partial charge in [-0.15, -0.1) is 0 Å². The Morgan fingerprint density at radius 1 is 1.33 bits per heavy atom. The molecule has 0 saturated carbocycles. The standard InChI is InChI=1S/C8H15NO6/c1-3(11)9-5-7(13)6(12)4(2-10)15-8(5)14/h4-8,10,12-14H,2H2,1H3,(H,9,11)/t4?,5-,6-,7+,8?/m0/s1. The summed E-state index contributed by atoms with van der Waals surface area (Å²) in [6.45, 7) is 0.687. The zero-order valence-electron chi connectivity index (χ0n) is 8.20. The summed E-state index contributed by atoms with van der Waals surface area (Å²) in [6, 6.07) is -1.10. The monoisotopic (exact) mass is 221 g/mol. The van der Waals surface area contributed by atoms with Gasteiger partial charge in [0, 0.05) is 6.92 Å². The zero-order chi connectivity index (χ0) is 11.6. The van der Waals surface area contributed by atoms with Gasteiger partial charge in [-0.3, -0.25) is 4.79 Å². The number of aliphatic hydroxyl groups excluding tert-OH is 4. The number of carbonyl (C=O) groups excluding carboxylic acids is 1. The molecule has 1 aliphatic heterocycles. The maximum Gasteiger partial charge on any atom is 0.217 e. The Morgan fingerprint density at radius 2 is 1.93 bits per heavy atom. The topological polar surface area (TPSA) is 119 Å². The molecule has 0 radical (unpaired) electrons. The van der Waals surface area contributed by atoms with E-state index in [0.717, 1.165) is 0 Å². The lowest BCUT2D eigenvalue weighted by molar-refractivity contribution is -0.253. The summed E-state index contributed by atoms with van der Waals surface area (Å²) >= 11 is 0. The van der Waals surface area contributed by atoms with E-state index in [1.807, 2.05) is 0 Å². The van der Waals surface area contributed by atoms with Crippen molar-refractivity contribution < 1.29 is 30.0 Å². The Hall–Kier alpha value is -0.730. The Kier molecular flexibility index (Phi) is 4.00. The van der Waals surface area contributed by atoms with Gasteiger partial charge >= 0.3 is 0 Å². The Bertz CT molecular complexity index is 235. The van der Waals surface area contributed by atoms with Gasteiger partial charge in [-0.1, -0.05) is 0 Å². The van der Waals surface area contributed by atoms with E-state index in [9.17, 15) is 20.1 Å². The molecule has 0 aromatic heterocycles. The summed E-state index contributed by atoms with van der Waals surface area (Å²) in [6.07, 6.45) is -5.24. The minimum Gasteiger partial charge on any atom is -0.394 e. The largest absolute Gasteiger partial charge is 0.394 e. The summed E-state index contributed by atoms with van der Waals surface area (Å²) in [5.41, 5.74) is 0. The van der Waals surface area contributed by atoms with Gasteiger partial charge in [-0.2, -0.15) is 0 Å². The molecular weight excluding hydrogens is 206 g/mol. The molecule has 0 aliphatic carbocycles. The summed E-state index contributed by atoms with van der Waals surface area (Å²) in [4.78, 5) is 10.7. The van der Waals surface area contributed by atoms with Crippen molar-refractivity contribution in [3.8, 4) is 0 Å². The lowest BCUT2D eigenvalue weighted by atomic mass is 9.97. The molecule has 5 atom stereocenters. The average Bonchev–Trinajstić information content (AvgIpc) is 2.18. The fourth-order valence-corrected chi connectivity index (χ4v) is 1.49. The molecule has 88 valence electrons. The number of aliphatic hydroxyl groups is 4. The third-order valence-electron chi connectivity index (χ3n) is 2.27. The van der Waals surface area contributed by atoms with Crippen LogP contribution in [0, 0.1) is 0 Å². The number of nitrogens with one attached hydrogen (secondary N) is 1. The highest BCUT2D eigenvalue weighted by molar-refractivity contribution is 5.73. The fraction of sp³-hybridized carbons (Fsp3) is 0.875. The molecule has 1 saturated heterocycles. The molecule has 5 N–H and O–H groups in total. The predicted molar refractivity (Wildman–Crippen MR) is 47.6 cm³/mol. The van der Waals surface area contributed by atoms with Crippen LogP contribution in [0.15, 0.2) is 0 Å². The van der Waals surface area contributed by atoms with Gasteiger partial charge in [0.25, 0.3) is 0 Å². The van der Waals surface area contributed by atoms with Crippen LogP contribution in [-0.4, -0.2) is 63.6 Å². The van der Waals surface area contributed by atoms with E-state index in [4.69, 9.17) is 9.84 Å². The second-order valence-corrected chi connectivity index (χ2v) is 3.46. The molecule has 1 amide bonds. The van der Waals surface area contributed by atoms with Crippen LogP contribution in [0.1, 0.15) is 6.92 Å². The van der Waals surface area contributed by atoms with Crippen LogP contribution in [0.25, 0.3) is 0 Å². The van der Waals surface area contributed by atoms with E-state index < -0.39 is 43.2 Å². The highest BCUT2D eigenvalue weighted by Gasteiger charge is 2.43. The second-order valence-electron chi connectivity index (χ2n) is 3.46. The predicted octanol–water partition coefficient (Wildman–Crippen LogP) is -3.08. The molecule has 0 aromatic carbocycles. The molecule has 0 spiro atoms. The van der Waals surface area contributed by atoms with Crippen molar-refractivity contribution in [1.82, 2.24) is 5.32 Å². The van der Waals surface area contributed by atoms with Gasteiger partial charge < -0.3 is 30.5 Å². The van der Waals surface area contributed by atoms with Gasteiger partial charge in [0.2, 0.25) is 5.91 Å². The van der Waals surface area contributed by atoms with Gasteiger partial charge in [-0.25, -0.2) is 0 Å². The van der Waals surface area contributed by atoms with Crippen LogP contribution >= 0.6 is 0 Å². The van der Waals surface area contributed by atoms with Crippen LogP contribution in [0.5, 0.6) is 0 Å². The number of rotatable bonds is 2. The van der Waals surface area contributed by atoms with Crippen LogP contribution in [0.2, 0.25) is 0 Å². The van der Waals surface area contributed by atoms with Crippen molar-refractivity contribution in [1.29, 1.82) is 0 Å². The SMILES string of the molecule is CC(=O)N[C@@H]1C(O)OC(CO)[C@H](O)[C@@H]1O. The highest BCUT2D eigenvalue weighted by atomic mass is 16.6. The van der Waals surface area contributed by atoms with Crippen LogP contribution in [0.3, 0.4) is 0 Å². The van der Waals surface area contributed by atoms with Crippen molar-refractivity contribution in [3.05, 3.63) is 0 Å². The first-order valence-electron chi connectivity index (χ1n) is 4.55. The molecule has 1 aliphatic rings. The zero-order valence-corrected chi connectivity index (χ0v) is 8.20. The third kappa shape index (κ3) is 2.64. The maximum atomic E-state index is 10.7. The number of amides is 1. The van der Waals surface area contributed by atoms with Gasteiger partial charge in [-0.05, 0) is 0 Å². The Morgan fingerprint density at radius 3 is 2.40 bits per heavy atom. The number of carbonyl (C=O) groups is 1.